The predicted molar refractivity (Wildman–Crippen MR) is 115 cm³/mol. The van der Waals surface area contributed by atoms with Crippen LogP contribution >= 0.6 is 34.9 Å². The zero-order valence-corrected chi connectivity index (χ0v) is 17.9. The number of nitrogens with one attached hydrogen (secondary N) is 1. The van der Waals surface area contributed by atoms with E-state index in [-0.39, 0.29) is 5.69 Å². The Morgan fingerprint density at radius 3 is 2.24 bits per heavy atom. The topological polar surface area (TPSA) is 84.4 Å². The summed E-state index contributed by atoms with van der Waals surface area (Å²) in [7, 11) is 3.23. The molecule has 0 unspecified atom stereocenters. The SMILES string of the molecule is COc1cccc(Sc2nc3c(Sc4cccc(OC)c4)c(C(=O)O)[nH]c3s2)c1. The molecule has 0 aliphatic heterocycles. The summed E-state index contributed by atoms with van der Waals surface area (Å²) in [5.41, 5.74) is 0.801. The van der Waals surface area contributed by atoms with Gasteiger partial charge in [0.1, 0.15) is 27.5 Å². The summed E-state index contributed by atoms with van der Waals surface area (Å²) in [6.45, 7) is 0. The summed E-state index contributed by atoms with van der Waals surface area (Å²) in [6.07, 6.45) is 0. The Morgan fingerprint density at radius 1 is 1.03 bits per heavy atom. The Balaban J connectivity index is 1.70. The molecule has 0 fully saturated rings. The van der Waals surface area contributed by atoms with Crippen LogP contribution in [-0.2, 0) is 0 Å². The first-order valence-electron chi connectivity index (χ1n) is 8.47. The molecule has 6 nitrogen and oxygen atoms in total. The first kappa shape index (κ1) is 19.7. The average Bonchev–Trinajstić information content (AvgIpc) is 3.26. The van der Waals surface area contributed by atoms with Crippen LogP contribution in [0, 0.1) is 0 Å². The molecular weight excluding hydrogens is 428 g/mol. The molecule has 2 aromatic heterocycles. The van der Waals surface area contributed by atoms with Gasteiger partial charge in [-0.15, -0.1) is 0 Å². The largest absolute Gasteiger partial charge is 0.497 e. The highest BCUT2D eigenvalue weighted by Gasteiger charge is 2.22. The Labute approximate surface area is 179 Å². The van der Waals surface area contributed by atoms with Crippen molar-refractivity contribution in [1.82, 2.24) is 9.97 Å². The number of H-pyrrole nitrogens is 1. The standard InChI is InChI=1S/C20H16N2O4S3/c1-25-11-5-3-7-13(9-11)27-17-15-18(21-16(17)19(23)24)29-20(22-15)28-14-8-4-6-12(10-14)26-2/h3-10,21H,1-2H3,(H,23,24). The van der Waals surface area contributed by atoms with Gasteiger partial charge in [-0.05, 0) is 36.4 Å². The van der Waals surface area contributed by atoms with E-state index in [0.29, 0.717) is 16.2 Å². The van der Waals surface area contributed by atoms with Crippen LogP contribution < -0.4 is 9.47 Å². The predicted octanol–water partition coefficient (Wildman–Crippen LogP) is 5.64. The minimum atomic E-state index is -1.01. The van der Waals surface area contributed by atoms with Gasteiger partial charge in [0.15, 0.2) is 4.34 Å². The molecule has 0 radical (unpaired) electrons. The van der Waals surface area contributed by atoms with E-state index in [1.807, 2.05) is 48.5 Å². The number of rotatable bonds is 7. The van der Waals surface area contributed by atoms with E-state index in [9.17, 15) is 9.90 Å². The Bertz CT molecular complexity index is 1190. The second kappa shape index (κ2) is 8.40. The number of hydrogen-bond acceptors (Lipinski definition) is 7. The molecule has 2 aromatic carbocycles. The number of methoxy groups -OCH3 is 2. The number of carbonyl (C=O) groups is 1. The van der Waals surface area contributed by atoms with Crippen LogP contribution in [0.1, 0.15) is 10.5 Å². The molecule has 0 spiro atoms. The molecule has 0 aliphatic rings. The van der Waals surface area contributed by atoms with Crippen molar-refractivity contribution in [2.24, 2.45) is 0 Å². The quantitative estimate of drug-likeness (QED) is 0.381. The summed E-state index contributed by atoms with van der Waals surface area (Å²) >= 11 is 4.30. The molecule has 0 saturated heterocycles. The van der Waals surface area contributed by atoms with Crippen molar-refractivity contribution in [3.63, 3.8) is 0 Å². The second-order valence-electron chi connectivity index (χ2n) is 5.85. The van der Waals surface area contributed by atoms with E-state index in [2.05, 4.69) is 4.98 Å². The van der Waals surface area contributed by atoms with Crippen LogP contribution in [0.3, 0.4) is 0 Å². The summed E-state index contributed by atoms with van der Waals surface area (Å²) in [5.74, 6) is 0.480. The van der Waals surface area contributed by atoms with Crippen molar-refractivity contribution in [3.05, 3.63) is 54.2 Å². The van der Waals surface area contributed by atoms with E-state index in [1.54, 1.807) is 14.2 Å². The number of hydrogen-bond donors (Lipinski definition) is 2. The maximum absolute atomic E-state index is 11.7. The first-order valence-corrected chi connectivity index (χ1v) is 10.9. The van der Waals surface area contributed by atoms with Crippen LogP contribution in [0.4, 0.5) is 0 Å². The van der Waals surface area contributed by atoms with Gasteiger partial charge < -0.3 is 19.6 Å². The lowest BCUT2D eigenvalue weighted by atomic mass is 10.3. The van der Waals surface area contributed by atoms with Gasteiger partial charge in [0.05, 0.1) is 19.1 Å². The van der Waals surface area contributed by atoms with Crippen LogP contribution in [0.2, 0.25) is 0 Å². The van der Waals surface area contributed by atoms with Gasteiger partial charge >= 0.3 is 5.97 Å². The van der Waals surface area contributed by atoms with Crippen LogP contribution in [0.25, 0.3) is 10.3 Å². The number of fused-ring (bicyclic) bond motifs is 1. The number of thiazole rings is 1. The molecule has 4 rings (SSSR count). The summed E-state index contributed by atoms with van der Waals surface area (Å²) < 4.78 is 11.4. The number of ether oxygens (including phenoxy) is 2. The molecule has 4 aromatic rings. The summed E-state index contributed by atoms with van der Waals surface area (Å²) in [6, 6.07) is 15.2. The fourth-order valence-electron chi connectivity index (χ4n) is 2.67. The minimum absolute atomic E-state index is 0.143. The van der Waals surface area contributed by atoms with Crippen molar-refractivity contribution >= 4 is 51.2 Å². The molecule has 2 heterocycles. The van der Waals surface area contributed by atoms with Crippen molar-refractivity contribution in [1.29, 1.82) is 0 Å². The Kier molecular flexibility index (Phi) is 5.70. The molecule has 29 heavy (non-hydrogen) atoms. The molecule has 148 valence electrons. The van der Waals surface area contributed by atoms with E-state index in [0.717, 1.165) is 24.7 Å². The molecule has 9 heteroatoms. The van der Waals surface area contributed by atoms with Crippen LogP contribution in [-0.4, -0.2) is 35.3 Å². The number of benzene rings is 2. The smallest absolute Gasteiger partial charge is 0.353 e. The number of aromatic carboxylic acids is 1. The molecule has 0 amide bonds. The highest BCUT2D eigenvalue weighted by atomic mass is 32.2. The van der Waals surface area contributed by atoms with Crippen LogP contribution in [0.15, 0.2) is 67.6 Å². The van der Waals surface area contributed by atoms with Gasteiger partial charge in [-0.25, -0.2) is 9.78 Å². The lowest BCUT2D eigenvalue weighted by molar-refractivity contribution is 0.0688. The lowest BCUT2D eigenvalue weighted by Gasteiger charge is -2.04. The van der Waals surface area contributed by atoms with Gasteiger partial charge in [0.2, 0.25) is 0 Å². The summed E-state index contributed by atoms with van der Waals surface area (Å²) in [4.78, 5) is 22.6. The molecule has 0 saturated carbocycles. The number of carboxylic acids is 1. The van der Waals surface area contributed by atoms with Gasteiger partial charge in [-0.2, -0.15) is 0 Å². The minimum Gasteiger partial charge on any atom is -0.497 e. The van der Waals surface area contributed by atoms with E-state index in [4.69, 9.17) is 14.5 Å². The Hall–Kier alpha value is -2.62. The fourth-order valence-corrected chi connectivity index (χ4v) is 5.85. The number of carboxylic acid groups (broad SMARTS) is 1. The van der Waals surface area contributed by atoms with Crippen molar-refractivity contribution < 1.29 is 19.4 Å². The van der Waals surface area contributed by atoms with Crippen molar-refractivity contribution in [2.45, 2.75) is 19.0 Å². The second-order valence-corrected chi connectivity index (χ2v) is 9.26. The molecule has 0 aliphatic carbocycles. The number of aromatic nitrogens is 2. The van der Waals surface area contributed by atoms with Gasteiger partial charge in [0.25, 0.3) is 0 Å². The number of aromatic amines is 1. The van der Waals surface area contributed by atoms with E-state index >= 15 is 0 Å². The normalized spacial score (nSPS) is 11.0. The third kappa shape index (κ3) is 4.21. The van der Waals surface area contributed by atoms with Crippen molar-refractivity contribution in [2.75, 3.05) is 14.2 Å². The maximum atomic E-state index is 11.7. The van der Waals surface area contributed by atoms with Gasteiger partial charge in [-0.1, -0.05) is 47.0 Å². The van der Waals surface area contributed by atoms with E-state index in [1.165, 1.54) is 34.9 Å². The Morgan fingerprint density at radius 2 is 1.66 bits per heavy atom. The van der Waals surface area contributed by atoms with Crippen LogP contribution in [0.5, 0.6) is 11.5 Å². The first-order chi connectivity index (χ1) is 14.1. The van der Waals surface area contributed by atoms with Crippen molar-refractivity contribution in [3.8, 4) is 11.5 Å². The van der Waals surface area contributed by atoms with Gasteiger partial charge in [-0.3, -0.25) is 0 Å². The molecule has 0 bridgehead atoms. The van der Waals surface area contributed by atoms with Gasteiger partial charge in [0, 0.05) is 9.79 Å². The molecular formula is C20H16N2O4S3. The molecule has 2 N–H and O–H groups in total. The monoisotopic (exact) mass is 444 g/mol. The highest BCUT2D eigenvalue weighted by molar-refractivity contribution is 8.01. The highest BCUT2D eigenvalue weighted by Crippen LogP contribution is 2.42. The number of nitrogens with zero attached hydrogens (tertiary/aromatic N) is 1. The van der Waals surface area contributed by atoms with E-state index < -0.39 is 5.97 Å². The lowest BCUT2D eigenvalue weighted by Crippen LogP contribution is -1.98. The summed E-state index contributed by atoms with van der Waals surface area (Å²) in [5, 5.41) is 9.61. The fraction of sp³-hybridized carbons (Fsp3) is 0.100. The average molecular weight is 445 g/mol. The zero-order valence-electron chi connectivity index (χ0n) is 15.5. The third-order valence-corrected chi connectivity index (χ3v) is 7.12. The third-order valence-electron chi connectivity index (χ3n) is 4.01. The maximum Gasteiger partial charge on any atom is 0.353 e. The zero-order chi connectivity index (χ0) is 20.4. The molecule has 0 atom stereocenters.